The predicted octanol–water partition coefficient (Wildman–Crippen LogP) is 2.99. The first kappa shape index (κ1) is 15.5. The van der Waals surface area contributed by atoms with Crippen LogP contribution in [0.1, 0.15) is 50.9 Å². The van der Waals surface area contributed by atoms with Gasteiger partial charge < -0.3 is 5.32 Å². The van der Waals surface area contributed by atoms with Gasteiger partial charge in [-0.15, -0.1) is 0 Å². The number of piperazine rings is 1. The molecule has 1 saturated heterocycles. The number of aromatic nitrogens is 2. The summed E-state index contributed by atoms with van der Waals surface area (Å²) in [5, 5.41) is 8.40. The SMILES string of the molecule is Cc1nn(C)c(CN2CC3(CCCC3)NCC2(C)C)c1Br. The fourth-order valence-corrected chi connectivity index (χ4v) is 4.30. The fraction of sp³-hybridized carbons (Fsp3) is 0.812. The molecule has 0 aromatic carbocycles. The molecule has 4 nitrogen and oxygen atoms in total. The number of aryl methyl sites for hydroxylation is 2. The second kappa shape index (κ2) is 5.36. The second-order valence-electron chi connectivity index (χ2n) is 7.48. The first-order valence-electron chi connectivity index (χ1n) is 8.01. The zero-order chi connectivity index (χ0) is 15.3. The van der Waals surface area contributed by atoms with Crippen LogP contribution < -0.4 is 5.32 Å². The quantitative estimate of drug-likeness (QED) is 0.886. The van der Waals surface area contributed by atoms with E-state index in [1.807, 2.05) is 11.7 Å². The molecule has 1 spiro atoms. The summed E-state index contributed by atoms with van der Waals surface area (Å²) in [6.45, 7) is 9.94. The van der Waals surface area contributed by atoms with E-state index in [0.29, 0.717) is 5.54 Å². The van der Waals surface area contributed by atoms with Crippen molar-refractivity contribution in [1.29, 1.82) is 0 Å². The molecule has 0 radical (unpaired) electrons. The molecule has 2 aliphatic rings. The van der Waals surface area contributed by atoms with Gasteiger partial charge in [0.05, 0.1) is 15.9 Å². The number of nitrogens with zero attached hydrogens (tertiary/aromatic N) is 3. The van der Waals surface area contributed by atoms with Crippen LogP contribution in [0.4, 0.5) is 0 Å². The monoisotopic (exact) mass is 354 g/mol. The van der Waals surface area contributed by atoms with E-state index in [4.69, 9.17) is 0 Å². The molecule has 0 amide bonds. The highest BCUT2D eigenvalue weighted by Crippen LogP contribution is 2.37. The van der Waals surface area contributed by atoms with Crippen molar-refractivity contribution >= 4 is 15.9 Å². The highest BCUT2D eigenvalue weighted by molar-refractivity contribution is 9.10. The van der Waals surface area contributed by atoms with E-state index in [1.54, 1.807) is 0 Å². The van der Waals surface area contributed by atoms with Crippen molar-refractivity contribution in [2.75, 3.05) is 13.1 Å². The Hall–Kier alpha value is -0.390. The van der Waals surface area contributed by atoms with Crippen molar-refractivity contribution in [2.24, 2.45) is 7.05 Å². The van der Waals surface area contributed by atoms with Crippen LogP contribution in [0.5, 0.6) is 0 Å². The molecule has 2 heterocycles. The lowest BCUT2D eigenvalue weighted by Gasteiger charge is -2.51. The van der Waals surface area contributed by atoms with Gasteiger partial charge in [0.15, 0.2) is 0 Å². The Morgan fingerprint density at radius 2 is 1.95 bits per heavy atom. The zero-order valence-electron chi connectivity index (χ0n) is 13.7. The molecule has 1 N–H and O–H groups in total. The van der Waals surface area contributed by atoms with E-state index < -0.39 is 0 Å². The van der Waals surface area contributed by atoms with Gasteiger partial charge in [-0.2, -0.15) is 5.10 Å². The Balaban J connectivity index is 1.84. The molecule has 118 valence electrons. The Bertz CT molecular complexity index is 529. The summed E-state index contributed by atoms with van der Waals surface area (Å²) in [5.74, 6) is 0. The molecule has 1 aromatic heterocycles. The summed E-state index contributed by atoms with van der Waals surface area (Å²) < 4.78 is 3.19. The number of rotatable bonds is 2. The summed E-state index contributed by atoms with van der Waals surface area (Å²) in [7, 11) is 2.05. The maximum absolute atomic E-state index is 4.54. The number of hydrogen-bond donors (Lipinski definition) is 1. The summed E-state index contributed by atoms with van der Waals surface area (Å²) in [6.07, 6.45) is 5.39. The molecule has 0 unspecified atom stereocenters. The maximum Gasteiger partial charge on any atom is 0.0739 e. The van der Waals surface area contributed by atoms with Gasteiger partial charge in [-0.3, -0.25) is 9.58 Å². The van der Waals surface area contributed by atoms with Gasteiger partial charge in [-0.1, -0.05) is 12.8 Å². The molecule has 1 saturated carbocycles. The normalized spacial score (nSPS) is 24.8. The van der Waals surface area contributed by atoms with Crippen LogP contribution in [-0.4, -0.2) is 38.8 Å². The van der Waals surface area contributed by atoms with Crippen molar-refractivity contribution in [1.82, 2.24) is 20.0 Å². The highest BCUT2D eigenvalue weighted by Gasteiger charge is 2.44. The third kappa shape index (κ3) is 2.80. The first-order valence-corrected chi connectivity index (χ1v) is 8.80. The van der Waals surface area contributed by atoms with E-state index in [1.165, 1.54) is 35.8 Å². The number of halogens is 1. The number of hydrogen-bond acceptors (Lipinski definition) is 3. The maximum atomic E-state index is 4.54. The minimum absolute atomic E-state index is 0.186. The molecule has 2 fully saturated rings. The highest BCUT2D eigenvalue weighted by atomic mass is 79.9. The largest absolute Gasteiger partial charge is 0.308 e. The molecule has 1 aromatic rings. The van der Waals surface area contributed by atoms with E-state index >= 15 is 0 Å². The fourth-order valence-electron chi connectivity index (χ4n) is 3.84. The summed E-state index contributed by atoms with van der Waals surface area (Å²) in [6, 6.07) is 0. The zero-order valence-corrected chi connectivity index (χ0v) is 15.3. The molecule has 0 bridgehead atoms. The lowest BCUT2D eigenvalue weighted by Crippen LogP contribution is -2.67. The van der Waals surface area contributed by atoms with Crippen molar-refractivity contribution in [3.05, 3.63) is 15.9 Å². The lowest BCUT2D eigenvalue weighted by molar-refractivity contribution is 0.0198. The molecule has 21 heavy (non-hydrogen) atoms. The average molecular weight is 355 g/mol. The van der Waals surface area contributed by atoms with Gasteiger partial charge in [0.1, 0.15) is 0 Å². The van der Waals surface area contributed by atoms with Crippen LogP contribution in [0, 0.1) is 6.92 Å². The molecular formula is C16H27BrN4. The second-order valence-corrected chi connectivity index (χ2v) is 8.27. The van der Waals surface area contributed by atoms with E-state index in [2.05, 4.69) is 52.0 Å². The van der Waals surface area contributed by atoms with Crippen LogP contribution in [0.25, 0.3) is 0 Å². The van der Waals surface area contributed by atoms with Crippen LogP contribution in [0.2, 0.25) is 0 Å². The third-order valence-corrected chi connectivity index (χ3v) is 6.44. The van der Waals surface area contributed by atoms with Gasteiger partial charge in [-0.25, -0.2) is 0 Å². The van der Waals surface area contributed by atoms with Crippen LogP contribution in [0.3, 0.4) is 0 Å². The van der Waals surface area contributed by atoms with E-state index in [0.717, 1.165) is 25.3 Å². The topological polar surface area (TPSA) is 33.1 Å². The van der Waals surface area contributed by atoms with Crippen molar-refractivity contribution in [2.45, 2.75) is 64.1 Å². The first-order chi connectivity index (χ1) is 9.83. The summed E-state index contributed by atoms with van der Waals surface area (Å²) in [5.41, 5.74) is 2.91. The summed E-state index contributed by atoms with van der Waals surface area (Å²) in [4.78, 5) is 2.65. The molecule has 5 heteroatoms. The Labute approximate surface area is 136 Å². The Morgan fingerprint density at radius 1 is 1.29 bits per heavy atom. The van der Waals surface area contributed by atoms with Crippen LogP contribution in [0.15, 0.2) is 4.47 Å². The van der Waals surface area contributed by atoms with Crippen LogP contribution in [-0.2, 0) is 13.6 Å². The minimum Gasteiger partial charge on any atom is -0.308 e. The molecule has 0 atom stereocenters. The van der Waals surface area contributed by atoms with Gasteiger partial charge in [0.25, 0.3) is 0 Å². The standard InChI is InChI=1S/C16H27BrN4/c1-12-14(17)13(20(4)19-12)9-21-11-16(7-5-6-8-16)18-10-15(21,2)3/h18H,5-11H2,1-4H3. The minimum atomic E-state index is 0.186. The van der Waals surface area contributed by atoms with Crippen molar-refractivity contribution in [3.63, 3.8) is 0 Å². The van der Waals surface area contributed by atoms with Crippen LogP contribution >= 0.6 is 15.9 Å². The molecular weight excluding hydrogens is 328 g/mol. The van der Waals surface area contributed by atoms with Crippen molar-refractivity contribution < 1.29 is 0 Å². The smallest absolute Gasteiger partial charge is 0.0739 e. The predicted molar refractivity (Wildman–Crippen MR) is 89.3 cm³/mol. The van der Waals surface area contributed by atoms with Gasteiger partial charge in [0, 0.05) is 37.8 Å². The molecule has 1 aliphatic heterocycles. The number of nitrogens with one attached hydrogen (secondary N) is 1. The van der Waals surface area contributed by atoms with E-state index in [-0.39, 0.29) is 5.54 Å². The lowest BCUT2D eigenvalue weighted by atomic mass is 9.87. The molecule has 1 aliphatic carbocycles. The van der Waals surface area contributed by atoms with E-state index in [9.17, 15) is 0 Å². The van der Waals surface area contributed by atoms with Gasteiger partial charge in [-0.05, 0) is 49.5 Å². The van der Waals surface area contributed by atoms with Gasteiger partial charge in [0.2, 0.25) is 0 Å². The average Bonchev–Trinajstić information content (AvgIpc) is 2.96. The van der Waals surface area contributed by atoms with Gasteiger partial charge >= 0.3 is 0 Å². The third-order valence-electron chi connectivity index (χ3n) is 5.41. The Kier molecular flexibility index (Phi) is 3.95. The summed E-state index contributed by atoms with van der Waals surface area (Å²) >= 11 is 3.71. The Morgan fingerprint density at radius 3 is 2.52 bits per heavy atom. The van der Waals surface area contributed by atoms with Crippen molar-refractivity contribution in [3.8, 4) is 0 Å². The molecule has 3 rings (SSSR count).